The third-order valence-electron chi connectivity index (χ3n) is 5.23. The Morgan fingerprint density at radius 1 is 0.969 bits per heavy atom. The second-order valence-corrected chi connectivity index (χ2v) is 8.12. The first-order valence-corrected chi connectivity index (χ1v) is 11.3. The van der Waals surface area contributed by atoms with Crippen molar-refractivity contribution in [2.75, 3.05) is 13.2 Å². The van der Waals surface area contributed by atoms with Gasteiger partial charge in [-0.25, -0.2) is 0 Å². The summed E-state index contributed by atoms with van der Waals surface area (Å²) < 4.78 is 5.91. The lowest BCUT2D eigenvalue weighted by Gasteiger charge is -2.31. The number of carbonyl (C=O) groups is 2. The van der Waals surface area contributed by atoms with Crippen molar-refractivity contribution in [1.29, 1.82) is 0 Å². The van der Waals surface area contributed by atoms with Gasteiger partial charge in [0, 0.05) is 34.1 Å². The number of nitrogens with zero attached hydrogens (tertiary/aromatic N) is 1. The summed E-state index contributed by atoms with van der Waals surface area (Å²) in [6.45, 7) is 4.06. The Labute approximate surface area is 198 Å². The molecular formula is C25H26Cl2N2O3. The molecule has 0 radical (unpaired) electrons. The maximum atomic E-state index is 13.3. The van der Waals surface area contributed by atoms with E-state index in [9.17, 15) is 9.59 Å². The van der Waals surface area contributed by atoms with E-state index >= 15 is 0 Å². The van der Waals surface area contributed by atoms with E-state index in [2.05, 4.69) is 5.32 Å². The third kappa shape index (κ3) is 5.53. The summed E-state index contributed by atoms with van der Waals surface area (Å²) >= 11 is 12.7. The lowest BCUT2D eigenvalue weighted by Crippen LogP contribution is -2.50. The van der Waals surface area contributed by atoms with Gasteiger partial charge in [-0.1, -0.05) is 72.6 Å². The Kier molecular flexibility index (Phi) is 8.37. The lowest BCUT2D eigenvalue weighted by molar-refractivity contribution is -0.142. The van der Waals surface area contributed by atoms with Crippen LogP contribution in [0, 0.1) is 0 Å². The van der Waals surface area contributed by atoms with Crippen LogP contribution < -0.4 is 10.1 Å². The smallest absolute Gasteiger partial charge is 0.261 e. The van der Waals surface area contributed by atoms with Gasteiger partial charge < -0.3 is 15.0 Å². The Morgan fingerprint density at radius 3 is 2.31 bits per heavy atom. The zero-order chi connectivity index (χ0) is 23.1. The topological polar surface area (TPSA) is 58.6 Å². The van der Waals surface area contributed by atoms with Crippen molar-refractivity contribution in [3.63, 3.8) is 0 Å². The predicted octanol–water partition coefficient (Wildman–Crippen LogP) is 5.47. The van der Waals surface area contributed by atoms with Crippen molar-refractivity contribution in [2.45, 2.75) is 32.9 Å². The van der Waals surface area contributed by atoms with Crippen LogP contribution in [0.15, 0.2) is 60.7 Å². The number of halogens is 2. The number of amides is 2. The zero-order valence-corrected chi connectivity index (χ0v) is 19.6. The molecule has 168 valence electrons. The van der Waals surface area contributed by atoms with Gasteiger partial charge >= 0.3 is 0 Å². The second-order valence-electron chi connectivity index (χ2n) is 7.31. The van der Waals surface area contributed by atoms with Crippen LogP contribution in [0.25, 0.3) is 10.8 Å². The summed E-state index contributed by atoms with van der Waals surface area (Å²) in [4.78, 5) is 27.5. The fourth-order valence-electron chi connectivity index (χ4n) is 3.61. The van der Waals surface area contributed by atoms with Crippen molar-refractivity contribution in [3.05, 3.63) is 76.3 Å². The Balaban J connectivity index is 1.87. The van der Waals surface area contributed by atoms with Crippen molar-refractivity contribution >= 4 is 45.8 Å². The van der Waals surface area contributed by atoms with Crippen molar-refractivity contribution in [1.82, 2.24) is 10.2 Å². The summed E-state index contributed by atoms with van der Waals surface area (Å²) in [5.74, 6) is 0.0574. The number of benzene rings is 3. The van der Waals surface area contributed by atoms with Crippen LogP contribution in [0.3, 0.4) is 0 Å². The van der Waals surface area contributed by atoms with Gasteiger partial charge in [0.25, 0.3) is 5.91 Å². The SMILES string of the molecule is CCNC(=O)[C@H](CC)N(Cc1c(Cl)cccc1Cl)C(=O)COc1cccc2ccccc12. The van der Waals surface area contributed by atoms with Gasteiger partial charge in [-0.05, 0) is 36.9 Å². The first kappa shape index (κ1) is 23.9. The molecule has 5 nitrogen and oxygen atoms in total. The van der Waals surface area contributed by atoms with Gasteiger partial charge in [0.1, 0.15) is 11.8 Å². The maximum Gasteiger partial charge on any atom is 0.261 e. The average molecular weight is 473 g/mol. The number of likely N-dealkylation sites (N-methyl/N-ethyl adjacent to an activating group) is 1. The van der Waals surface area contributed by atoms with E-state index in [0.29, 0.717) is 34.3 Å². The molecule has 0 bridgehead atoms. The third-order valence-corrected chi connectivity index (χ3v) is 5.94. The lowest BCUT2D eigenvalue weighted by atomic mass is 10.1. The molecule has 1 atom stereocenters. The molecular weight excluding hydrogens is 447 g/mol. The average Bonchev–Trinajstić information content (AvgIpc) is 2.79. The monoisotopic (exact) mass is 472 g/mol. The van der Waals surface area contributed by atoms with Crippen molar-refractivity contribution in [2.24, 2.45) is 0 Å². The van der Waals surface area contributed by atoms with Gasteiger partial charge in [-0.3, -0.25) is 9.59 Å². The van der Waals surface area contributed by atoms with Gasteiger partial charge in [0.15, 0.2) is 6.61 Å². The molecule has 3 aromatic rings. The van der Waals surface area contributed by atoms with Gasteiger partial charge in [0.05, 0.1) is 0 Å². The molecule has 0 saturated carbocycles. The highest BCUT2D eigenvalue weighted by molar-refractivity contribution is 6.36. The van der Waals surface area contributed by atoms with Crippen LogP contribution >= 0.6 is 23.2 Å². The molecule has 0 unspecified atom stereocenters. The number of hydrogen-bond acceptors (Lipinski definition) is 3. The molecule has 0 spiro atoms. The molecule has 2 amide bonds. The molecule has 0 saturated heterocycles. The number of fused-ring (bicyclic) bond motifs is 1. The fourth-order valence-corrected chi connectivity index (χ4v) is 4.13. The van der Waals surface area contributed by atoms with E-state index < -0.39 is 6.04 Å². The van der Waals surface area contributed by atoms with Crippen LogP contribution in [0.2, 0.25) is 10.0 Å². The highest BCUT2D eigenvalue weighted by atomic mass is 35.5. The van der Waals surface area contributed by atoms with E-state index in [4.69, 9.17) is 27.9 Å². The number of hydrogen-bond donors (Lipinski definition) is 1. The highest BCUT2D eigenvalue weighted by Crippen LogP contribution is 2.28. The number of carbonyl (C=O) groups excluding carboxylic acids is 2. The zero-order valence-electron chi connectivity index (χ0n) is 18.1. The first-order valence-electron chi connectivity index (χ1n) is 10.6. The first-order chi connectivity index (χ1) is 15.5. The molecule has 3 aromatic carbocycles. The Bertz CT molecular complexity index is 1080. The van der Waals surface area contributed by atoms with Crippen LogP contribution in [-0.4, -0.2) is 35.9 Å². The quantitative estimate of drug-likeness (QED) is 0.449. The maximum absolute atomic E-state index is 13.3. The van der Waals surface area contributed by atoms with Gasteiger partial charge in [-0.2, -0.15) is 0 Å². The van der Waals surface area contributed by atoms with Crippen molar-refractivity contribution < 1.29 is 14.3 Å². The van der Waals surface area contributed by atoms with Crippen LogP contribution in [0.5, 0.6) is 5.75 Å². The van der Waals surface area contributed by atoms with E-state index in [1.54, 1.807) is 18.2 Å². The predicted molar refractivity (Wildman–Crippen MR) is 129 cm³/mol. The summed E-state index contributed by atoms with van der Waals surface area (Å²) in [6, 6.07) is 18.0. The summed E-state index contributed by atoms with van der Waals surface area (Å²) in [7, 11) is 0. The van der Waals surface area contributed by atoms with Gasteiger partial charge in [-0.15, -0.1) is 0 Å². The van der Waals surface area contributed by atoms with Gasteiger partial charge in [0.2, 0.25) is 5.91 Å². The summed E-state index contributed by atoms with van der Waals surface area (Å²) in [5, 5.41) is 5.62. The molecule has 0 aliphatic rings. The minimum atomic E-state index is -0.675. The molecule has 0 heterocycles. The minimum Gasteiger partial charge on any atom is -0.483 e. The summed E-state index contributed by atoms with van der Waals surface area (Å²) in [6.07, 6.45) is 0.438. The molecule has 32 heavy (non-hydrogen) atoms. The normalized spacial score (nSPS) is 11.8. The molecule has 0 aliphatic heterocycles. The Hall–Kier alpha value is -2.76. The van der Waals surface area contributed by atoms with Crippen LogP contribution in [-0.2, 0) is 16.1 Å². The molecule has 7 heteroatoms. The van der Waals surface area contributed by atoms with Crippen LogP contribution in [0.4, 0.5) is 0 Å². The summed E-state index contributed by atoms with van der Waals surface area (Å²) in [5.41, 5.74) is 0.595. The van der Waals surface area contributed by atoms with E-state index in [0.717, 1.165) is 10.8 Å². The molecule has 3 rings (SSSR count). The molecule has 0 aliphatic carbocycles. The number of rotatable bonds is 9. The minimum absolute atomic E-state index is 0.103. The molecule has 0 fully saturated rings. The second kappa shape index (κ2) is 11.2. The van der Waals surface area contributed by atoms with E-state index in [1.165, 1.54) is 4.90 Å². The Morgan fingerprint density at radius 2 is 1.62 bits per heavy atom. The van der Waals surface area contributed by atoms with Crippen molar-refractivity contribution in [3.8, 4) is 5.75 Å². The largest absolute Gasteiger partial charge is 0.483 e. The van der Waals surface area contributed by atoms with E-state index in [1.807, 2.05) is 56.3 Å². The number of nitrogens with one attached hydrogen (secondary N) is 1. The molecule has 1 N–H and O–H groups in total. The molecule has 0 aromatic heterocycles. The highest BCUT2D eigenvalue weighted by Gasteiger charge is 2.29. The number of ether oxygens (including phenoxy) is 1. The van der Waals surface area contributed by atoms with E-state index in [-0.39, 0.29) is 25.0 Å². The standard InChI is InChI=1S/C25H26Cl2N2O3/c1-3-22(25(31)28-4-2)29(15-19-20(26)12-8-13-21(19)27)24(30)16-32-23-14-7-10-17-9-5-6-11-18(17)23/h5-14,22H,3-4,15-16H2,1-2H3,(H,28,31)/t22-/m0/s1. The fraction of sp³-hybridized carbons (Fsp3) is 0.280. The van der Waals surface area contributed by atoms with Crippen LogP contribution in [0.1, 0.15) is 25.8 Å².